The van der Waals surface area contributed by atoms with Crippen molar-refractivity contribution in [2.24, 2.45) is 17.8 Å². The Balaban J connectivity index is 2.01. The number of aliphatic carboxylic acids is 1. The monoisotopic (exact) mass is 281 g/mol. The zero-order chi connectivity index (χ0) is 14.0. The number of carbonyl (C=O) groups is 2. The lowest BCUT2D eigenvalue weighted by Gasteiger charge is -2.19. The highest BCUT2D eigenvalue weighted by molar-refractivity contribution is 7.10. The lowest BCUT2D eigenvalue weighted by atomic mass is 9.95. The van der Waals surface area contributed by atoms with Gasteiger partial charge in [-0.05, 0) is 37.1 Å². The van der Waals surface area contributed by atoms with Crippen molar-refractivity contribution in [2.75, 3.05) is 0 Å². The van der Waals surface area contributed by atoms with E-state index in [1.165, 1.54) is 0 Å². The normalized spacial score (nSPS) is 28.0. The van der Waals surface area contributed by atoms with Crippen LogP contribution in [-0.4, -0.2) is 17.0 Å². The summed E-state index contributed by atoms with van der Waals surface area (Å²) in [6.45, 7) is 3.93. The van der Waals surface area contributed by atoms with E-state index in [2.05, 4.69) is 5.32 Å². The first-order valence-electron chi connectivity index (χ1n) is 6.55. The third kappa shape index (κ3) is 3.15. The zero-order valence-electron chi connectivity index (χ0n) is 11.1. The van der Waals surface area contributed by atoms with Gasteiger partial charge in [0, 0.05) is 4.88 Å². The summed E-state index contributed by atoms with van der Waals surface area (Å²) in [6, 6.07) is 3.86. The predicted octanol–water partition coefficient (Wildman–Crippen LogP) is 2.67. The van der Waals surface area contributed by atoms with E-state index in [1.807, 2.05) is 31.4 Å². The molecule has 2 N–H and O–H groups in total. The lowest BCUT2D eigenvalue weighted by Crippen LogP contribution is -2.36. The van der Waals surface area contributed by atoms with Crippen molar-refractivity contribution in [1.29, 1.82) is 0 Å². The van der Waals surface area contributed by atoms with Gasteiger partial charge in [0.05, 0.1) is 17.9 Å². The largest absolute Gasteiger partial charge is 0.481 e. The molecule has 4 nitrogen and oxygen atoms in total. The Morgan fingerprint density at radius 2 is 2.11 bits per heavy atom. The molecule has 2 rings (SSSR count). The molecule has 3 unspecified atom stereocenters. The van der Waals surface area contributed by atoms with E-state index in [4.69, 9.17) is 0 Å². The van der Waals surface area contributed by atoms with Gasteiger partial charge in [0.15, 0.2) is 0 Å². The molecule has 1 heterocycles. The molecule has 1 amide bonds. The molecule has 104 valence electrons. The molecular formula is C14H19NO3S. The summed E-state index contributed by atoms with van der Waals surface area (Å²) in [5.74, 6) is -1.61. The summed E-state index contributed by atoms with van der Waals surface area (Å²) in [5, 5.41) is 14.1. The van der Waals surface area contributed by atoms with E-state index in [0.29, 0.717) is 18.8 Å². The average Bonchev–Trinajstić information content (AvgIpc) is 2.96. The third-order valence-corrected chi connectivity index (χ3v) is 4.84. The van der Waals surface area contributed by atoms with Crippen molar-refractivity contribution in [2.45, 2.75) is 32.7 Å². The molecule has 5 heteroatoms. The number of nitrogens with one attached hydrogen (secondary N) is 1. The fraction of sp³-hybridized carbons (Fsp3) is 0.571. The molecule has 0 bridgehead atoms. The average molecular weight is 281 g/mol. The molecule has 0 radical (unpaired) electrons. The fourth-order valence-electron chi connectivity index (χ4n) is 2.78. The van der Waals surface area contributed by atoms with Gasteiger partial charge in [-0.25, -0.2) is 0 Å². The Morgan fingerprint density at radius 3 is 2.68 bits per heavy atom. The van der Waals surface area contributed by atoms with Crippen LogP contribution in [0.3, 0.4) is 0 Å². The van der Waals surface area contributed by atoms with Crippen LogP contribution in [0.4, 0.5) is 0 Å². The molecule has 0 saturated heterocycles. The van der Waals surface area contributed by atoms with Crippen LogP contribution in [0, 0.1) is 17.8 Å². The quantitative estimate of drug-likeness (QED) is 0.891. The first-order chi connectivity index (χ1) is 8.99. The van der Waals surface area contributed by atoms with Crippen molar-refractivity contribution in [3.8, 4) is 0 Å². The molecule has 1 aliphatic rings. The highest BCUT2D eigenvalue weighted by Gasteiger charge is 2.41. The van der Waals surface area contributed by atoms with Crippen molar-refractivity contribution in [3.05, 3.63) is 22.4 Å². The van der Waals surface area contributed by atoms with Gasteiger partial charge >= 0.3 is 5.97 Å². The molecule has 1 aliphatic carbocycles. The number of carbonyl (C=O) groups excluding carboxylic acids is 1. The summed E-state index contributed by atoms with van der Waals surface area (Å²) in [6.07, 6.45) is 1.26. The number of carboxylic acids is 1. The number of rotatable bonds is 4. The minimum atomic E-state index is -0.853. The summed E-state index contributed by atoms with van der Waals surface area (Å²) < 4.78 is 0. The van der Waals surface area contributed by atoms with Gasteiger partial charge in [-0.3, -0.25) is 9.59 Å². The number of amides is 1. The number of carboxylic acid groups (broad SMARTS) is 1. The Labute approximate surface area is 116 Å². The van der Waals surface area contributed by atoms with Crippen molar-refractivity contribution >= 4 is 23.2 Å². The van der Waals surface area contributed by atoms with Crippen LogP contribution in [-0.2, 0) is 9.59 Å². The van der Waals surface area contributed by atoms with Gasteiger partial charge in [-0.2, -0.15) is 0 Å². The van der Waals surface area contributed by atoms with E-state index < -0.39 is 17.8 Å². The van der Waals surface area contributed by atoms with Gasteiger partial charge < -0.3 is 10.4 Å². The zero-order valence-corrected chi connectivity index (χ0v) is 11.9. The smallest absolute Gasteiger partial charge is 0.307 e. The first-order valence-corrected chi connectivity index (χ1v) is 7.43. The molecule has 1 saturated carbocycles. The molecular weight excluding hydrogens is 262 g/mol. The minimum absolute atomic E-state index is 0.0575. The second-order valence-electron chi connectivity index (χ2n) is 5.37. The third-order valence-electron chi connectivity index (χ3n) is 3.78. The van der Waals surface area contributed by atoms with Gasteiger partial charge in [0.25, 0.3) is 0 Å². The van der Waals surface area contributed by atoms with Crippen LogP contribution >= 0.6 is 11.3 Å². The molecule has 0 aliphatic heterocycles. The van der Waals surface area contributed by atoms with Crippen LogP contribution in [0.5, 0.6) is 0 Å². The van der Waals surface area contributed by atoms with Crippen LogP contribution < -0.4 is 5.32 Å². The summed E-state index contributed by atoms with van der Waals surface area (Å²) in [5.41, 5.74) is 0. The van der Waals surface area contributed by atoms with Crippen molar-refractivity contribution in [1.82, 2.24) is 5.32 Å². The van der Waals surface area contributed by atoms with Crippen LogP contribution in [0.2, 0.25) is 0 Å². The molecule has 1 aromatic rings. The maximum atomic E-state index is 12.2. The van der Waals surface area contributed by atoms with Crippen molar-refractivity contribution in [3.63, 3.8) is 0 Å². The Hall–Kier alpha value is -1.36. The van der Waals surface area contributed by atoms with E-state index >= 15 is 0 Å². The van der Waals surface area contributed by atoms with Crippen LogP contribution in [0.1, 0.15) is 37.6 Å². The van der Waals surface area contributed by atoms with Crippen molar-refractivity contribution < 1.29 is 14.7 Å². The second kappa shape index (κ2) is 5.74. The highest BCUT2D eigenvalue weighted by Crippen LogP contribution is 2.37. The summed E-state index contributed by atoms with van der Waals surface area (Å²) in [4.78, 5) is 24.5. The molecule has 1 fully saturated rings. The SMILES string of the molecule is CC1CC(C(=O)O)C(C(=O)N[C@H](C)c2cccs2)C1. The molecule has 1 aromatic heterocycles. The topological polar surface area (TPSA) is 66.4 Å². The standard InChI is InChI=1S/C14H19NO3S/c1-8-6-10(11(7-8)14(17)18)13(16)15-9(2)12-4-3-5-19-12/h3-5,8-11H,6-7H2,1-2H3,(H,15,16)(H,17,18)/t8?,9-,10?,11?/m1/s1. The lowest BCUT2D eigenvalue weighted by molar-refractivity contribution is -0.146. The first kappa shape index (κ1) is 14.1. The Morgan fingerprint density at radius 1 is 1.42 bits per heavy atom. The maximum absolute atomic E-state index is 12.2. The molecule has 4 atom stereocenters. The minimum Gasteiger partial charge on any atom is -0.481 e. The molecule has 19 heavy (non-hydrogen) atoms. The van der Waals surface area contributed by atoms with Gasteiger partial charge in [-0.1, -0.05) is 13.0 Å². The van der Waals surface area contributed by atoms with E-state index in [0.717, 1.165) is 4.88 Å². The van der Waals surface area contributed by atoms with E-state index in [9.17, 15) is 14.7 Å². The number of hydrogen-bond acceptors (Lipinski definition) is 3. The second-order valence-corrected chi connectivity index (χ2v) is 6.35. The van der Waals surface area contributed by atoms with E-state index in [-0.39, 0.29) is 11.9 Å². The van der Waals surface area contributed by atoms with Crippen LogP contribution in [0.15, 0.2) is 17.5 Å². The fourth-order valence-corrected chi connectivity index (χ4v) is 3.52. The van der Waals surface area contributed by atoms with E-state index in [1.54, 1.807) is 11.3 Å². The predicted molar refractivity (Wildman–Crippen MR) is 73.9 cm³/mol. The maximum Gasteiger partial charge on any atom is 0.307 e. The van der Waals surface area contributed by atoms with Gasteiger partial charge in [-0.15, -0.1) is 11.3 Å². The summed E-state index contributed by atoms with van der Waals surface area (Å²) in [7, 11) is 0. The summed E-state index contributed by atoms with van der Waals surface area (Å²) >= 11 is 1.59. The highest BCUT2D eigenvalue weighted by atomic mass is 32.1. The number of thiophene rings is 1. The number of hydrogen-bond donors (Lipinski definition) is 2. The molecule has 0 aromatic carbocycles. The van der Waals surface area contributed by atoms with Crippen LogP contribution in [0.25, 0.3) is 0 Å². The Bertz CT molecular complexity index is 457. The van der Waals surface area contributed by atoms with Gasteiger partial charge in [0.1, 0.15) is 0 Å². The molecule has 0 spiro atoms. The Kier molecular flexibility index (Phi) is 4.24. The van der Waals surface area contributed by atoms with Gasteiger partial charge in [0.2, 0.25) is 5.91 Å².